The first-order valence-corrected chi connectivity index (χ1v) is 13.5. The zero-order valence-corrected chi connectivity index (χ0v) is 23.3. The molecule has 0 atom stereocenters. The molecule has 1 aromatic heterocycles. The molecular formula is C29H23Cl2FN4O3S. The highest BCUT2D eigenvalue weighted by atomic mass is 35.5. The topological polar surface area (TPSA) is 77.8 Å². The van der Waals surface area contributed by atoms with E-state index < -0.39 is 11.7 Å². The fourth-order valence-corrected chi connectivity index (χ4v) is 4.89. The number of furan rings is 1. The van der Waals surface area contributed by atoms with Gasteiger partial charge >= 0.3 is 0 Å². The van der Waals surface area contributed by atoms with Crippen LogP contribution in [0.15, 0.2) is 83.3 Å². The van der Waals surface area contributed by atoms with E-state index in [1.807, 2.05) is 6.07 Å². The van der Waals surface area contributed by atoms with Crippen molar-refractivity contribution in [3.05, 3.63) is 106 Å². The van der Waals surface area contributed by atoms with E-state index >= 15 is 0 Å². The Morgan fingerprint density at radius 1 is 0.875 bits per heavy atom. The summed E-state index contributed by atoms with van der Waals surface area (Å²) in [5, 5.41) is 6.82. The van der Waals surface area contributed by atoms with Gasteiger partial charge in [-0.1, -0.05) is 35.3 Å². The molecular weight excluding hydrogens is 574 g/mol. The molecule has 7 nitrogen and oxygen atoms in total. The lowest BCUT2D eigenvalue weighted by Gasteiger charge is -2.37. The lowest BCUT2D eigenvalue weighted by atomic mass is 10.1. The maximum absolute atomic E-state index is 14.1. The molecule has 11 heteroatoms. The first kappa shape index (κ1) is 27.6. The number of halogens is 3. The second-order valence-corrected chi connectivity index (χ2v) is 10.3. The molecule has 2 amide bonds. The third-order valence-electron chi connectivity index (χ3n) is 6.40. The van der Waals surface area contributed by atoms with Gasteiger partial charge in [0.1, 0.15) is 11.6 Å². The molecule has 40 heavy (non-hydrogen) atoms. The van der Waals surface area contributed by atoms with Crippen LogP contribution in [0.5, 0.6) is 0 Å². The van der Waals surface area contributed by atoms with Gasteiger partial charge in [0.25, 0.3) is 11.8 Å². The predicted octanol–water partition coefficient (Wildman–Crippen LogP) is 6.48. The lowest BCUT2D eigenvalue weighted by Crippen LogP contribution is -2.49. The fraction of sp³-hybridized carbons (Fsp3) is 0.138. The number of hydrogen-bond donors (Lipinski definition) is 2. The summed E-state index contributed by atoms with van der Waals surface area (Å²) in [5.74, 6) is -0.776. The average molecular weight is 597 g/mol. The maximum atomic E-state index is 14.1. The molecule has 2 heterocycles. The highest BCUT2D eigenvalue weighted by Crippen LogP contribution is 2.30. The van der Waals surface area contributed by atoms with E-state index in [-0.39, 0.29) is 22.3 Å². The van der Waals surface area contributed by atoms with Crippen molar-refractivity contribution in [2.45, 2.75) is 0 Å². The van der Waals surface area contributed by atoms with E-state index in [4.69, 9.17) is 39.8 Å². The second kappa shape index (κ2) is 12.1. The van der Waals surface area contributed by atoms with Gasteiger partial charge in [-0.3, -0.25) is 14.9 Å². The molecule has 5 rings (SSSR count). The monoisotopic (exact) mass is 596 g/mol. The summed E-state index contributed by atoms with van der Waals surface area (Å²) < 4.78 is 19.8. The molecule has 1 saturated heterocycles. The van der Waals surface area contributed by atoms with E-state index in [1.165, 1.54) is 12.1 Å². The quantitative estimate of drug-likeness (QED) is 0.257. The zero-order valence-electron chi connectivity index (χ0n) is 21.0. The molecule has 3 aromatic carbocycles. The SMILES string of the molecule is O=C(NC(=S)Nc1cc(Cl)ccc1N1CCN(C(=O)c2ccccc2F)CC1)c1ccc(-c2ccc(Cl)cc2)o1. The number of nitrogens with zero attached hydrogens (tertiary/aromatic N) is 2. The molecule has 1 aliphatic heterocycles. The molecule has 1 fully saturated rings. The molecule has 0 bridgehead atoms. The number of hydrogen-bond acceptors (Lipinski definition) is 5. The van der Waals surface area contributed by atoms with E-state index in [2.05, 4.69) is 15.5 Å². The molecule has 0 radical (unpaired) electrons. The van der Waals surface area contributed by atoms with E-state index in [1.54, 1.807) is 65.6 Å². The Kier molecular flexibility index (Phi) is 8.35. The molecule has 0 aliphatic carbocycles. The summed E-state index contributed by atoms with van der Waals surface area (Å²) in [6.45, 7) is 1.83. The van der Waals surface area contributed by atoms with Crippen molar-refractivity contribution in [3.8, 4) is 11.3 Å². The number of amides is 2. The summed E-state index contributed by atoms with van der Waals surface area (Å²) in [6.07, 6.45) is 0. The Hall–Kier alpha value is -3.92. The molecule has 204 valence electrons. The fourth-order valence-electron chi connectivity index (χ4n) is 4.39. The van der Waals surface area contributed by atoms with E-state index in [0.29, 0.717) is 47.7 Å². The first-order valence-electron chi connectivity index (χ1n) is 12.3. The molecule has 2 N–H and O–H groups in total. The van der Waals surface area contributed by atoms with Gasteiger partial charge in [-0.05, 0) is 78.9 Å². The van der Waals surface area contributed by atoms with Crippen LogP contribution in [0.4, 0.5) is 15.8 Å². The van der Waals surface area contributed by atoms with Crippen molar-refractivity contribution in [1.29, 1.82) is 0 Å². The van der Waals surface area contributed by atoms with Crippen LogP contribution in [0.25, 0.3) is 11.3 Å². The van der Waals surface area contributed by atoms with Gasteiger partial charge in [0, 0.05) is 41.8 Å². The van der Waals surface area contributed by atoms with Gasteiger partial charge < -0.3 is 19.5 Å². The average Bonchev–Trinajstić information content (AvgIpc) is 3.44. The molecule has 0 saturated carbocycles. The number of carbonyl (C=O) groups is 2. The third kappa shape index (κ3) is 6.28. The van der Waals surface area contributed by atoms with Gasteiger partial charge in [-0.2, -0.15) is 0 Å². The summed E-state index contributed by atoms with van der Waals surface area (Å²) >= 11 is 17.6. The number of anilines is 2. The summed E-state index contributed by atoms with van der Waals surface area (Å²) in [6, 6.07) is 21.6. The standard InChI is InChI=1S/C29H23Cl2FN4O3S/c30-19-7-5-18(6-8-19)25-11-12-26(39-25)27(37)34-29(40)33-23-17-20(31)9-10-24(23)35-13-15-36(16-14-35)28(38)21-3-1-2-4-22(21)32/h1-12,17H,13-16H2,(H2,33,34,37,40). The Morgan fingerprint density at radius 3 is 2.30 bits per heavy atom. The van der Waals surface area contributed by atoms with Crippen LogP contribution in [0.2, 0.25) is 10.0 Å². The van der Waals surface area contributed by atoms with Crippen molar-refractivity contribution >= 4 is 63.7 Å². The van der Waals surface area contributed by atoms with Crippen molar-refractivity contribution < 1.29 is 18.4 Å². The smallest absolute Gasteiger partial charge is 0.293 e. The summed E-state index contributed by atoms with van der Waals surface area (Å²) in [5.41, 5.74) is 2.22. The van der Waals surface area contributed by atoms with Crippen LogP contribution >= 0.6 is 35.4 Å². The number of rotatable bonds is 5. The normalized spacial score (nSPS) is 13.2. The van der Waals surface area contributed by atoms with Crippen LogP contribution in [0, 0.1) is 5.82 Å². The van der Waals surface area contributed by atoms with Crippen LogP contribution in [-0.4, -0.2) is 48.0 Å². The zero-order chi connectivity index (χ0) is 28.2. The van der Waals surface area contributed by atoms with Crippen LogP contribution < -0.4 is 15.5 Å². The largest absolute Gasteiger partial charge is 0.451 e. The third-order valence-corrected chi connectivity index (χ3v) is 7.10. The second-order valence-electron chi connectivity index (χ2n) is 9.00. The minimum absolute atomic E-state index is 0.0581. The van der Waals surface area contributed by atoms with E-state index in [9.17, 15) is 14.0 Å². The van der Waals surface area contributed by atoms with Crippen molar-refractivity contribution in [2.24, 2.45) is 0 Å². The van der Waals surface area contributed by atoms with Gasteiger partial charge in [0.2, 0.25) is 0 Å². The van der Waals surface area contributed by atoms with Crippen molar-refractivity contribution in [2.75, 3.05) is 36.4 Å². The van der Waals surface area contributed by atoms with Crippen LogP contribution in [-0.2, 0) is 0 Å². The Bertz CT molecular complexity index is 1570. The van der Waals surface area contributed by atoms with Gasteiger partial charge in [-0.15, -0.1) is 0 Å². The van der Waals surface area contributed by atoms with Crippen LogP contribution in [0.1, 0.15) is 20.9 Å². The summed E-state index contributed by atoms with van der Waals surface area (Å²) in [4.78, 5) is 29.3. The minimum atomic E-state index is -0.537. The summed E-state index contributed by atoms with van der Waals surface area (Å²) in [7, 11) is 0. The Morgan fingerprint density at radius 2 is 1.57 bits per heavy atom. The number of thiocarbonyl (C=S) groups is 1. The van der Waals surface area contributed by atoms with E-state index in [0.717, 1.165) is 11.3 Å². The minimum Gasteiger partial charge on any atom is -0.451 e. The highest BCUT2D eigenvalue weighted by Gasteiger charge is 2.25. The maximum Gasteiger partial charge on any atom is 0.293 e. The predicted molar refractivity (Wildman–Crippen MR) is 159 cm³/mol. The Labute approximate surface area is 245 Å². The molecule has 1 aliphatic rings. The lowest BCUT2D eigenvalue weighted by molar-refractivity contribution is 0.0742. The number of nitrogens with one attached hydrogen (secondary N) is 2. The van der Waals surface area contributed by atoms with Gasteiger partial charge in [0.15, 0.2) is 10.9 Å². The van der Waals surface area contributed by atoms with Crippen molar-refractivity contribution in [1.82, 2.24) is 10.2 Å². The van der Waals surface area contributed by atoms with Crippen molar-refractivity contribution in [3.63, 3.8) is 0 Å². The molecule has 0 spiro atoms. The number of benzene rings is 3. The molecule has 0 unspecified atom stereocenters. The first-order chi connectivity index (χ1) is 19.3. The number of piperazine rings is 1. The van der Waals surface area contributed by atoms with Gasteiger partial charge in [0.05, 0.1) is 16.9 Å². The number of carbonyl (C=O) groups excluding carboxylic acids is 2. The van der Waals surface area contributed by atoms with Gasteiger partial charge in [-0.25, -0.2) is 4.39 Å². The van der Waals surface area contributed by atoms with Crippen LogP contribution in [0.3, 0.4) is 0 Å². The molecule has 4 aromatic rings. The highest BCUT2D eigenvalue weighted by molar-refractivity contribution is 7.80. The Balaban J connectivity index is 1.22.